The molecule has 0 radical (unpaired) electrons. The molecular formula is C13H25N3O4. The highest BCUT2D eigenvalue weighted by Crippen LogP contribution is 2.08. The number of nitrogens with zero attached hydrogens (tertiary/aromatic N) is 2. The van der Waals surface area contributed by atoms with Crippen LogP contribution in [0.25, 0.3) is 0 Å². The quantitative estimate of drug-likeness (QED) is 0.719. The number of alkyl carbamates (subject to hydrolysis) is 1. The van der Waals surface area contributed by atoms with E-state index >= 15 is 0 Å². The van der Waals surface area contributed by atoms with Gasteiger partial charge < -0.3 is 9.84 Å². The molecule has 2 amide bonds. The van der Waals surface area contributed by atoms with Crippen molar-refractivity contribution in [3.8, 4) is 0 Å². The van der Waals surface area contributed by atoms with Crippen molar-refractivity contribution in [2.75, 3.05) is 45.9 Å². The molecule has 1 rings (SSSR count). The lowest BCUT2D eigenvalue weighted by Gasteiger charge is -2.36. The normalized spacial score (nSPS) is 17.8. The van der Waals surface area contributed by atoms with Gasteiger partial charge in [-0.25, -0.2) is 4.79 Å². The van der Waals surface area contributed by atoms with Crippen LogP contribution >= 0.6 is 0 Å². The van der Waals surface area contributed by atoms with E-state index in [4.69, 9.17) is 0 Å². The Balaban J connectivity index is 2.25. The van der Waals surface area contributed by atoms with Gasteiger partial charge in [-0.3, -0.25) is 19.9 Å². The van der Waals surface area contributed by atoms with Crippen molar-refractivity contribution in [2.24, 2.45) is 0 Å². The fraction of sp³-hybridized carbons (Fsp3) is 0.846. The monoisotopic (exact) mass is 287 g/mol. The third-order valence-corrected chi connectivity index (χ3v) is 2.96. The summed E-state index contributed by atoms with van der Waals surface area (Å²) in [7, 11) is 0. The SMILES string of the molecule is CCOC(=O)NC(=O)CN1CCN(CC(C)(C)O)CC1. The summed E-state index contributed by atoms with van der Waals surface area (Å²) in [5.74, 6) is -0.348. The minimum Gasteiger partial charge on any atom is -0.450 e. The van der Waals surface area contributed by atoms with Crippen LogP contribution in [0.5, 0.6) is 0 Å². The summed E-state index contributed by atoms with van der Waals surface area (Å²) in [6.45, 7) is 9.40. The van der Waals surface area contributed by atoms with E-state index in [0.29, 0.717) is 6.54 Å². The van der Waals surface area contributed by atoms with Crippen LogP contribution in [0, 0.1) is 0 Å². The molecular weight excluding hydrogens is 262 g/mol. The highest BCUT2D eigenvalue weighted by molar-refractivity contribution is 5.92. The van der Waals surface area contributed by atoms with E-state index in [1.165, 1.54) is 0 Å². The van der Waals surface area contributed by atoms with Crippen molar-refractivity contribution in [3.05, 3.63) is 0 Å². The summed E-state index contributed by atoms with van der Waals surface area (Å²) >= 11 is 0. The first-order valence-electron chi connectivity index (χ1n) is 6.94. The molecule has 2 N–H and O–H groups in total. The maximum Gasteiger partial charge on any atom is 0.413 e. The van der Waals surface area contributed by atoms with E-state index in [1.807, 2.05) is 4.90 Å². The molecule has 0 aromatic carbocycles. The molecule has 0 unspecified atom stereocenters. The average Bonchev–Trinajstić information content (AvgIpc) is 2.30. The third kappa shape index (κ3) is 6.83. The number of carbonyl (C=O) groups is 2. The van der Waals surface area contributed by atoms with Gasteiger partial charge in [-0.05, 0) is 20.8 Å². The lowest BCUT2D eigenvalue weighted by molar-refractivity contribution is -0.122. The number of aliphatic hydroxyl groups is 1. The largest absolute Gasteiger partial charge is 0.450 e. The Hall–Kier alpha value is -1.18. The Labute approximate surface area is 119 Å². The number of ether oxygens (including phenoxy) is 1. The van der Waals surface area contributed by atoms with Crippen molar-refractivity contribution in [1.29, 1.82) is 0 Å². The van der Waals surface area contributed by atoms with Crippen LogP contribution in [0.15, 0.2) is 0 Å². The van der Waals surface area contributed by atoms with Gasteiger partial charge in [0.1, 0.15) is 0 Å². The van der Waals surface area contributed by atoms with Gasteiger partial charge in [0.2, 0.25) is 5.91 Å². The van der Waals surface area contributed by atoms with Gasteiger partial charge in [0.25, 0.3) is 0 Å². The van der Waals surface area contributed by atoms with E-state index in [1.54, 1.807) is 20.8 Å². The predicted octanol–water partition coefficient (Wildman–Crippen LogP) is -0.352. The number of imide groups is 1. The molecule has 1 saturated heterocycles. The van der Waals surface area contributed by atoms with E-state index in [-0.39, 0.29) is 19.1 Å². The van der Waals surface area contributed by atoms with Crippen molar-refractivity contribution < 1.29 is 19.4 Å². The zero-order valence-corrected chi connectivity index (χ0v) is 12.5. The molecule has 1 heterocycles. The van der Waals surface area contributed by atoms with Gasteiger partial charge in [-0.1, -0.05) is 0 Å². The summed E-state index contributed by atoms with van der Waals surface area (Å²) in [6, 6.07) is 0. The number of piperazine rings is 1. The smallest absolute Gasteiger partial charge is 0.413 e. The highest BCUT2D eigenvalue weighted by atomic mass is 16.5. The Morgan fingerprint density at radius 1 is 1.20 bits per heavy atom. The molecule has 116 valence electrons. The first-order valence-corrected chi connectivity index (χ1v) is 6.94. The Morgan fingerprint density at radius 3 is 2.25 bits per heavy atom. The molecule has 20 heavy (non-hydrogen) atoms. The van der Waals surface area contributed by atoms with Crippen LogP contribution in [0.4, 0.5) is 4.79 Å². The number of amides is 2. The average molecular weight is 287 g/mol. The van der Waals surface area contributed by atoms with Crippen LogP contribution < -0.4 is 5.32 Å². The topological polar surface area (TPSA) is 82.1 Å². The zero-order chi connectivity index (χ0) is 15.2. The summed E-state index contributed by atoms with van der Waals surface area (Å²) in [5.41, 5.74) is -0.705. The third-order valence-electron chi connectivity index (χ3n) is 2.96. The Kier molecular flexibility index (Phi) is 6.38. The summed E-state index contributed by atoms with van der Waals surface area (Å²) in [6.07, 6.45) is -0.696. The predicted molar refractivity (Wildman–Crippen MR) is 74.3 cm³/mol. The van der Waals surface area contributed by atoms with Crippen LogP contribution in [0.1, 0.15) is 20.8 Å². The number of carbonyl (C=O) groups excluding carboxylic acids is 2. The molecule has 0 aliphatic carbocycles. The number of hydrogen-bond acceptors (Lipinski definition) is 6. The van der Waals surface area contributed by atoms with Crippen molar-refractivity contribution >= 4 is 12.0 Å². The molecule has 1 fully saturated rings. The Bertz CT molecular complexity index is 333. The molecule has 7 nitrogen and oxygen atoms in total. The van der Waals surface area contributed by atoms with Crippen LogP contribution in [-0.2, 0) is 9.53 Å². The first-order chi connectivity index (χ1) is 9.30. The number of hydrogen-bond donors (Lipinski definition) is 2. The van der Waals surface area contributed by atoms with Crippen LogP contribution in [0.2, 0.25) is 0 Å². The van der Waals surface area contributed by atoms with Gasteiger partial charge >= 0.3 is 6.09 Å². The fourth-order valence-corrected chi connectivity index (χ4v) is 2.18. The molecule has 0 spiro atoms. The van der Waals surface area contributed by atoms with Gasteiger partial charge in [0.05, 0.1) is 18.8 Å². The summed E-state index contributed by atoms with van der Waals surface area (Å²) < 4.78 is 4.65. The van der Waals surface area contributed by atoms with Crippen LogP contribution in [-0.4, -0.2) is 78.4 Å². The van der Waals surface area contributed by atoms with Gasteiger partial charge in [0, 0.05) is 32.7 Å². The van der Waals surface area contributed by atoms with E-state index in [0.717, 1.165) is 26.2 Å². The molecule has 0 saturated carbocycles. The minimum atomic E-state index is -0.705. The lowest BCUT2D eigenvalue weighted by Crippen LogP contribution is -2.52. The van der Waals surface area contributed by atoms with Gasteiger partial charge in [0.15, 0.2) is 0 Å². The molecule has 1 aliphatic rings. The maximum absolute atomic E-state index is 11.6. The lowest BCUT2D eigenvalue weighted by atomic mass is 10.1. The Morgan fingerprint density at radius 2 is 1.75 bits per heavy atom. The van der Waals surface area contributed by atoms with Crippen molar-refractivity contribution in [2.45, 2.75) is 26.4 Å². The molecule has 7 heteroatoms. The van der Waals surface area contributed by atoms with Crippen LogP contribution in [0.3, 0.4) is 0 Å². The molecule has 0 aromatic rings. The van der Waals surface area contributed by atoms with Crippen molar-refractivity contribution in [3.63, 3.8) is 0 Å². The standard InChI is InChI=1S/C13H25N3O4/c1-4-20-12(18)14-11(17)9-15-5-7-16(8-6-15)10-13(2,3)19/h19H,4-10H2,1-3H3,(H,14,17,18). The van der Waals surface area contributed by atoms with E-state index in [2.05, 4.69) is 15.0 Å². The van der Waals surface area contributed by atoms with E-state index in [9.17, 15) is 14.7 Å². The van der Waals surface area contributed by atoms with Crippen molar-refractivity contribution in [1.82, 2.24) is 15.1 Å². The molecule has 0 bridgehead atoms. The van der Waals surface area contributed by atoms with Gasteiger partial charge in [-0.2, -0.15) is 0 Å². The molecule has 0 aromatic heterocycles. The second-order valence-corrected chi connectivity index (χ2v) is 5.63. The van der Waals surface area contributed by atoms with E-state index < -0.39 is 11.7 Å². The number of β-amino-alcohol motifs (C(OH)–C–C–N with tert-alkyl or cyclic N) is 1. The zero-order valence-electron chi connectivity index (χ0n) is 12.5. The number of rotatable bonds is 5. The fourth-order valence-electron chi connectivity index (χ4n) is 2.18. The maximum atomic E-state index is 11.6. The summed E-state index contributed by atoms with van der Waals surface area (Å²) in [5, 5.41) is 11.9. The molecule has 1 aliphatic heterocycles. The summed E-state index contributed by atoms with van der Waals surface area (Å²) in [4.78, 5) is 26.8. The molecule has 0 atom stereocenters. The second-order valence-electron chi connectivity index (χ2n) is 5.63. The number of nitrogens with one attached hydrogen (secondary N) is 1. The first kappa shape index (κ1) is 16.9. The second kappa shape index (κ2) is 7.56. The minimum absolute atomic E-state index is 0.190. The highest BCUT2D eigenvalue weighted by Gasteiger charge is 2.23. The van der Waals surface area contributed by atoms with Gasteiger partial charge in [-0.15, -0.1) is 0 Å².